The maximum absolute atomic E-state index is 11.6. The number of rotatable bonds is 7. The second-order valence-electron chi connectivity index (χ2n) is 4.07. The summed E-state index contributed by atoms with van der Waals surface area (Å²) in [7, 11) is 0. The fourth-order valence-electron chi connectivity index (χ4n) is 1.43. The number of carbonyl (C=O) groups is 3. The van der Waals surface area contributed by atoms with Gasteiger partial charge in [0.2, 0.25) is 11.8 Å². The van der Waals surface area contributed by atoms with E-state index in [-0.39, 0.29) is 23.1 Å². The van der Waals surface area contributed by atoms with E-state index in [1.54, 1.807) is 12.1 Å². The average molecular weight is 375 g/mol. The molecular weight excluding hydrogens is 360 g/mol. The van der Waals surface area contributed by atoms with E-state index in [1.165, 1.54) is 13.0 Å². The van der Waals surface area contributed by atoms with Crippen molar-refractivity contribution in [3.63, 3.8) is 0 Å². The predicted molar refractivity (Wildman–Crippen MR) is 83.5 cm³/mol. The highest BCUT2D eigenvalue weighted by Gasteiger charge is 2.12. The van der Waals surface area contributed by atoms with E-state index in [1.807, 2.05) is 0 Å². The Kier molecular flexibility index (Phi) is 7.24. The Morgan fingerprint density at radius 3 is 2.52 bits per heavy atom. The molecule has 1 aromatic rings. The smallest absolute Gasteiger partial charge is 0.336 e. The van der Waals surface area contributed by atoms with Crippen molar-refractivity contribution in [1.29, 1.82) is 0 Å². The number of carboxylic acids is 1. The normalized spacial score (nSPS) is 10.0. The molecule has 0 aliphatic heterocycles. The summed E-state index contributed by atoms with van der Waals surface area (Å²) < 4.78 is 0.751. The molecule has 1 aromatic carbocycles. The molecular formula is C13H15BrN2O4S. The number of thioether (sulfide) groups is 1. The molecule has 21 heavy (non-hydrogen) atoms. The Morgan fingerprint density at radius 2 is 1.90 bits per heavy atom. The number of nitrogens with one attached hydrogen (secondary N) is 2. The van der Waals surface area contributed by atoms with Crippen molar-refractivity contribution in [3.05, 3.63) is 28.2 Å². The van der Waals surface area contributed by atoms with Crippen molar-refractivity contribution in [2.75, 3.05) is 18.8 Å². The van der Waals surface area contributed by atoms with Crippen LogP contribution in [0, 0.1) is 0 Å². The average Bonchev–Trinajstić information content (AvgIpc) is 2.40. The van der Waals surface area contributed by atoms with Gasteiger partial charge in [0.1, 0.15) is 0 Å². The number of carboxylic acid groups (broad SMARTS) is 1. The van der Waals surface area contributed by atoms with Crippen LogP contribution < -0.4 is 10.6 Å². The molecule has 0 unspecified atom stereocenters. The highest BCUT2D eigenvalue weighted by molar-refractivity contribution is 9.10. The first-order valence-electron chi connectivity index (χ1n) is 6.07. The number of halogens is 1. The molecule has 0 saturated heterocycles. The van der Waals surface area contributed by atoms with E-state index in [4.69, 9.17) is 5.11 Å². The van der Waals surface area contributed by atoms with Crippen molar-refractivity contribution in [1.82, 2.24) is 10.6 Å². The van der Waals surface area contributed by atoms with Crippen LogP contribution in [0.2, 0.25) is 0 Å². The van der Waals surface area contributed by atoms with Crippen LogP contribution in [0.4, 0.5) is 0 Å². The minimum atomic E-state index is -1.03. The zero-order valence-corrected chi connectivity index (χ0v) is 13.7. The zero-order valence-electron chi connectivity index (χ0n) is 11.3. The van der Waals surface area contributed by atoms with Crippen LogP contribution >= 0.6 is 27.7 Å². The summed E-state index contributed by atoms with van der Waals surface area (Å²) in [6.45, 7) is 2.10. The fourth-order valence-corrected chi connectivity index (χ4v) is 2.85. The Balaban J connectivity index is 2.47. The van der Waals surface area contributed by atoms with Crippen molar-refractivity contribution < 1.29 is 19.5 Å². The van der Waals surface area contributed by atoms with Gasteiger partial charge in [-0.3, -0.25) is 9.59 Å². The minimum Gasteiger partial charge on any atom is -0.478 e. The Hall–Kier alpha value is -1.54. The summed E-state index contributed by atoms with van der Waals surface area (Å²) in [5.74, 6) is -1.30. The van der Waals surface area contributed by atoms with E-state index < -0.39 is 5.97 Å². The van der Waals surface area contributed by atoms with Crippen molar-refractivity contribution in [2.24, 2.45) is 0 Å². The van der Waals surface area contributed by atoms with Crippen LogP contribution in [-0.4, -0.2) is 41.7 Å². The number of hydrogen-bond acceptors (Lipinski definition) is 4. The van der Waals surface area contributed by atoms with Crippen LogP contribution in [0.15, 0.2) is 27.6 Å². The summed E-state index contributed by atoms with van der Waals surface area (Å²) in [5, 5.41) is 14.3. The second-order valence-corrected chi connectivity index (χ2v) is 6.00. The Morgan fingerprint density at radius 1 is 1.24 bits per heavy atom. The van der Waals surface area contributed by atoms with Crippen LogP contribution in [-0.2, 0) is 9.59 Å². The van der Waals surface area contributed by atoms with Crippen LogP contribution in [0.5, 0.6) is 0 Å². The van der Waals surface area contributed by atoms with Gasteiger partial charge < -0.3 is 15.7 Å². The molecule has 0 fully saturated rings. The first-order chi connectivity index (χ1) is 9.90. The van der Waals surface area contributed by atoms with Gasteiger partial charge in [-0.05, 0) is 18.2 Å². The lowest BCUT2D eigenvalue weighted by Crippen LogP contribution is -2.34. The van der Waals surface area contributed by atoms with Gasteiger partial charge in [-0.2, -0.15) is 0 Å². The highest BCUT2D eigenvalue weighted by atomic mass is 79.9. The van der Waals surface area contributed by atoms with Gasteiger partial charge in [0.25, 0.3) is 0 Å². The third kappa shape index (κ3) is 6.63. The van der Waals surface area contributed by atoms with Crippen molar-refractivity contribution in [2.45, 2.75) is 11.8 Å². The third-order valence-electron chi connectivity index (χ3n) is 2.35. The summed E-state index contributed by atoms with van der Waals surface area (Å²) in [6.07, 6.45) is 0. The van der Waals surface area contributed by atoms with Gasteiger partial charge in [0.05, 0.1) is 11.3 Å². The quantitative estimate of drug-likeness (QED) is 0.496. The first-order valence-corrected chi connectivity index (χ1v) is 7.85. The maximum Gasteiger partial charge on any atom is 0.336 e. The van der Waals surface area contributed by atoms with Crippen LogP contribution in [0.3, 0.4) is 0 Å². The van der Waals surface area contributed by atoms with E-state index in [0.29, 0.717) is 18.0 Å². The predicted octanol–water partition coefficient (Wildman–Crippen LogP) is 1.49. The van der Waals surface area contributed by atoms with Crippen molar-refractivity contribution in [3.8, 4) is 0 Å². The number of benzene rings is 1. The molecule has 0 aliphatic carbocycles. The highest BCUT2D eigenvalue weighted by Crippen LogP contribution is 2.26. The molecule has 1 rings (SSSR count). The van der Waals surface area contributed by atoms with Gasteiger partial charge in [0, 0.05) is 29.4 Å². The van der Waals surface area contributed by atoms with Crippen LogP contribution in [0.25, 0.3) is 0 Å². The number of amides is 2. The summed E-state index contributed by atoms with van der Waals surface area (Å²) in [6, 6.07) is 4.79. The van der Waals surface area contributed by atoms with Gasteiger partial charge in [-0.25, -0.2) is 4.79 Å². The zero-order chi connectivity index (χ0) is 15.8. The molecule has 0 aliphatic rings. The molecule has 6 nitrogen and oxygen atoms in total. The van der Waals surface area contributed by atoms with E-state index in [0.717, 1.165) is 16.2 Å². The molecule has 0 saturated carbocycles. The Bertz CT molecular complexity index is 551. The molecule has 0 atom stereocenters. The minimum absolute atomic E-state index is 0.108. The summed E-state index contributed by atoms with van der Waals surface area (Å²) in [5.41, 5.74) is 0.161. The molecule has 0 aromatic heterocycles. The largest absolute Gasteiger partial charge is 0.478 e. The second kappa shape index (κ2) is 8.68. The van der Waals surface area contributed by atoms with Crippen LogP contribution in [0.1, 0.15) is 17.3 Å². The molecule has 8 heteroatoms. The molecule has 0 spiro atoms. The molecule has 2 amide bonds. The number of aromatic carboxylic acids is 1. The molecule has 114 valence electrons. The van der Waals surface area contributed by atoms with E-state index in [2.05, 4.69) is 26.6 Å². The van der Waals surface area contributed by atoms with Gasteiger partial charge >= 0.3 is 5.97 Å². The SMILES string of the molecule is CC(=O)NCCNC(=O)CSc1cc(Br)ccc1C(=O)O. The third-order valence-corrected chi connectivity index (χ3v) is 3.90. The Labute approximate surface area is 134 Å². The molecule has 3 N–H and O–H groups in total. The van der Waals surface area contributed by atoms with Gasteiger partial charge in [0.15, 0.2) is 0 Å². The number of carbonyl (C=O) groups excluding carboxylic acids is 2. The first kappa shape index (κ1) is 17.5. The summed E-state index contributed by atoms with van der Waals surface area (Å²) in [4.78, 5) is 33.9. The van der Waals surface area contributed by atoms with Gasteiger partial charge in [-0.15, -0.1) is 11.8 Å². The lowest BCUT2D eigenvalue weighted by Gasteiger charge is -2.08. The fraction of sp³-hybridized carbons (Fsp3) is 0.308. The topological polar surface area (TPSA) is 95.5 Å². The lowest BCUT2D eigenvalue weighted by atomic mass is 10.2. The number of hydrogen-bond donors (Lipinski definition) is 3. The molecule has 0 heterocycles. The lowest BCUT2D eigenvalue weighted by molar-refractivity contribution is -0.120. The maximum atomic E-state index is 11.6. The standard InChI is InChI=1S/C13H15BrN2O4S/c1-8(17)15-4-5-16-12(18)7-21-11-6-9(14)2-3-10(11)13(19)20/h2-3,6H,4-5,7H2,1H3,(H,15,17)(H,16,18)(H,19,20). The van der Waals surface area contributed by atoms with E-state index in [9.17, 15) is 14.4 Å². The monoisotopic (exact) mass is 374 g/mol. The summed E-state index contributed by atoms with van der Waals surface area (Å²) >= 11 is 4.42. The van der Waals surface area contributed by atoms with E-state index >= 15 is 0 Å². The van der Waals surface area contributed by atoms with Crippen molar-refractivity contribution >= 4 is 45.5 Å². The molecule has 0 bridgehead atoms. The van der Waals surface area contributed by atoms with Gasteiger partial charge in [-0.1, -0.05) is 15.9 Å². The molecule has 0 radical (unpaired) electrons.